The van der Waals surface area contributed by atoms with E-state index in [-0.39, 0.29) is 0 Å². The number of halogens is 3. The normalized spacial score (nSPS) is 37.3. The van der Waals surface area contributed by atoms with Gasteiger partial charge in [-0.05, 0) is 56.9 Å². The summed E-state index contributed by atoms with van der Waals surface area (Å²) in [7, 11) is 0. The third-order valence-corrected chi connectivity index (χ3v) is 4.93. The average molecular weight is 277 g/mol. The van der Waals surface area contributed by atoms with Crippen molar-refractivity contribution in [3.8, 4) is 0 Å². The van der Waals surface area contributed by atoms with Crippen molar-refractivity contribution in [2.75, 3.05) is 6.54 Å². The summed E-state index contributed by atoms with van der Waals surface area (Å²) < 4.78 is 37.7. The molecule has 0 spiro atoms. The lowest BCUT2D eigenvalue weighted by molar-refractivity contribution is -0.182. The Morgan fingerprint density at radius 1 is 1.00 bits per heavy atom. The second-order valence-corrected chi connectivity index (χ2v) is 6.64. The molecule has 112 valence electrons. The van der Waals surface area contributed by atoms with E-state index in [0.717, 1.165) is 18.4 Å². The predicted molar refractivity (Wildman–Crippen MR) is 70.9 cm³/mol. The summed E-state index contributed by atoms with van der Waals surface area (Å²) in [5.41, 5.74) is 0. The Morgan fingerprint density at radius 3 is 2.26 bits per heavy atom. The summed E-state index contributed by atoms with van der Waals surface area (Å²) in [4.78, 5) is 0. The molecule has 2 aliphatic carbocycles. The Balaban J connectivity index is 1.66. The van der Waals surface area contributed by atoms with E-state index in [4.69, 9.17) is 0 Å². The molecule has 0 aromatic heterocycles. The molecule has 2 unspecified atom stereocenters. The van der Waals surface area contributed by atoms with Gasteiger partial charge in [-0.2, -0.15) is 13.2 Å². The first-order valence-corrected chi connectivity index (χ1v) is 7.75. The first-order chi connectivity index (χ1) is 8.95. The van der Waals surface area contributed by atoms with Crippen molar-refractivity contribution in [1.82, 2.24) is 5.32 Å². The van der Waals surface area contributed by atoms with Crippen LogP contribution in [-0.4, -0.2) is 18.8 Å². The SMILES string of the molecule is CC1CCCC(CNC2CCC(C(F)(F)F)CC2)C1. The van der Waals surface area contributed by atoms with Crippen LogP contribution in [0.25, 0.3) is 0 Å². The van der Waals surface area contributed by atoms with E-state index in [0.29, 0.717) is 31.7 Å². The van der Waals surface area contributed by atoms with Gasteiger partial charge in [0.15, 0.2) is 0 Å². The molecule has 2 aliphatic rings. The van der Waals surface area contributed by atoms with Crippen LogP contribution in [0.4, 0.5) is 13.2 Å². The number of hydrogen-bond acceptors (Lipinski definition) is 1. The highest BCUT2D eigenvalue weighted by molar-refractivity contribution is 4.82. The number of nitrogens with one attached hydrogen (secondary N) is 1. The summed E-state index contributed by atoms with van der Waals surface area (Å²) in [6.45, 7) is 3.31. The van der Waals surface area contributed by atoms with Crippen molar-refractivity contribution in [1.29, 1.82) is 0 Å². The molecule has 0 aromatic carbocycles. The Labute approximate surface area is 114 Å². The summed E-state index contributed by atoms with van der Waals surface area (Å²) >= 11 is 0. The molecule has 0 amide bonds. The molecule has 2 atom stereocenters. The third-order valence-electron chi connectivity index (χ3n) is 4.93. The van der Waals surface area contributed by atoms with Gasteiger partial charge in [0.05, 0.1) is 5.92 Å². The van der Waals surface area contributed by atoms with E-state index in [1.54, 1.807) is 0 Å². The van der Waals surface area contributed by atoms with E-state index in [1.807, 2.05) is 0 Å². The minimum atomic E-state index is -3.98. The van der Waals surface area contributed by atoms with E-state index in [2.05, 4.69) is 12.2 Å². The smallest absolute Gasteiger partial charge is 0.314 e. The summed E-state index contributed by atoms with van der Waals surface area (Å²) in [6.07, 6.45) is 3.23. The maximum Gasteiger partial charge on any atom is 0.391 e. The zero-order valence-electron chi connectivity index (χ0n) is 11.8. The van der Waals surface area contributed by atoms with E-state index in [1.165, 1.54) is 25.7 Å². The standard InChI is InChI=1S/C15H26F3N/c1-11-3-2-4-12(9-11)10-19-14-7-5-13(6-8-14)15(16,17)18/h11-14,19H,2-10H2,1H3. The second kappa shape index (κ2) is 6.47. The number of rotatable bonds is 3. The monoisotopic (exact) mass is 277 g/mol. The quantitative estimate of drug-likeness (QED) is 0.799. The van der Waals surface area contributed by atoms with Gasteiger partial charge in [0.25, 0.3) is 0 Å². The predicted octanol–water partition coefficient (Wildman–Crippen LogP) is 4.52. The molecule has 0 bridgehead atoms. The molecule has 0 aliphatic heterocycles. The molecule has 1 nitrogen and oxygen atoms in total. The van der Waals surface area contributed by atoms with Crippen LogP contribution >= 0.6 is 0 Å². The van der Waals surface area contributed by atoms with Crippen molar-refractivity contribution in [2.24, 2.45) is 17.8 Å². The topological polar surface area (TPSA) is 12.0 Å². The fourth-order valence-electron chi connectivity index (χ4n) is 3.70. The first-order valence-electron chi connectivity index (χ1n) is 7.75. The molecule has 0 radical (unpaired) electrons. The Bertz CT molecular complexity index is 269. The number of hydrogen-bond donors (Lipinski definition) is 1. The highest BCUT2D eigenvalue weighted by atomic mass is 19.4. The van der Waals surface area contributed by atoms with Gasteiger partial charge in [0, 0.05) is 6.04 Å². The molecule has 2 fully saturated rings. The van der Waals surface area contributed by atoms with Crippen LogP contribution in [0.2, 0.25) is 0 Å². The summed E-state index contributed by atoms with van der Waals surface area (Å²) in [5, 5.41) is 3.52. The molecule has 2 saturated carbocycles. The van der Waals surface area contributed by atoms with Crippen LogP contribution in [0.1, 0.15) is 58.3 Å². The van der Waals surface area contributed by atoms with Gasteiger partial charge < -0.3 is 5.32 Å². The van der Waals surface area contributed by atoms with Gasteiger partial charge >= 0.3 is 6.18 Å². The van der Waals surface area contributed by atoms with Crippen molar-refractivity contribution in [3.63, 3.8) is 0 Å². The number of alkyl halides is 3. The van der Waals surface area contributed by atoms with E-state index < -0.39 is 12.1 Å². The highest BCUT2D eigenvalue weighted by Gasteiger charge is 2.41. The van der Waals surface area contributed by atoms with Gasteiger partial charge in [-0.25, -0.2) is 0 Å². The van der Waals surface area contributed by atoms with Crippen LogP contribution in [0.5, 0.6) is 0 Å². The molecular weight excluding hydrogens is 251 g/mol. The fourth-order valence-corrected chi connectivity index (χ4v) is 3.70. The Hall–Kier alpha value is -0.250. The lowest BCUT2D eigenvalue weighted by atomic mass is 9.81. The molecule has 2 rings (SSSR count). The van der Waals surface area contributed by atoms with E-state index >= 15 is 0 Å². The van der Waals surface area contributed by atoms with Crippen molar-refractivity contribution >= 4 is 0 Å². The van der Waals surface area contributed by atoms with Gasteiger partial charge in [-0.3, -0.25) is 0 Å². The summed E-state index contributed by atoms with van der Waals surface area (Å²) in [6, 6.07) is 0.316. The maximum absolute atomic E-state index is 12.6. The van der Waals surface area contributed by atoms with Crippen molar-refractivity contribution in [2.45, 2.75) is 70.5 Å². The molecule has 0 aromatic rings. The van der Waals surface area contributed by atoms with E-state index in [9.17, 15) is 13.2 Å². The van der Waals surface area contributed by atoms with Gasteiger partial charge in [-0.1, -0.05) is 19.8 Å². The second-order valence-electron chi connectivity index (χ2n) is 6.64. The fraction of sp³-hybridized carbons (Fsp3) is 1.00. The lowest BCUT2D eigenvalue weighted by Gasteiger charge is -2.33. The third kappa shape index (κ3) is 4.66. The maximum atomic E-state index is 12.6. The molecule has 0 heterocycles. The van der Waals surface area contributed by atoms with Crippen molar-refractivity contribution in [3.05, 3.63) is 0 Å². The largest absolute Gasteiger partial charge is 0.391 e. The van der Waals surface area contributed by atoms with Crippen LogP contribution in [0.15, 0.2) is 0 Å². The first kappa shape index (κ1) is 15.1. The lowest BCUT2D eigenvalue weighted by Crippen LogP contribution is -2.39. The zero-order chi connectivity index (χ0) is 13.9. The molecule has 19 heavy (non-hydrogen) atoms. The van der Waals surface area contributed by atoms with Crippen LogP contribution in [-0.2, 0) is 0 Å². The zero-order valence-corrected chi connectivity index (χ0v) is 11.8. The summed E-state index contributed by atoms with van der Waals surface area (Å²) in [5.74, 6) is 0.505. The molecule has 4 heteroatoms. The van der Waals surface area contributed by atoms with Crippen LogP contribution in [0, 0.1) is 17.8 Å². The van der Waals surface area contributed by atoms with Gasteiger partial charge in [-0.15, -0.1) is 0 Å². The molecular formula is C15H26F3N. The molecule has 0 saturated heterocycles. The van der Waals surface area contributed by atoms with Crippen LogP contribution < -0.4 is 5.32 Å². The van der Waals surface area contributed by atoms with Gasteiger partial charge in [0.2, 0.25) is 0 Å². The minimum Gasteiger partial charge on any atom is -0.314 e. The minimum absolute atomic E-state index is 0.308. The Morgan fingerprint density at radius 2 is 1.68 bits per heavy atom. The van der Waals surface area contributed by atoms with Crippen molar-refractivity contribution < 1.29 is 13.2 Å². The highest BCUT2D eigenvalue weighted by Crippen LogP contribution is 2.37. The Kier molecular flexibility index (Phi) is 5.15. The average Bonchev–Trinajstić information content (AvgIpc) is 2.36. The molecule has 1 N–H and O–H groups in total. The van der Waals surface area contributed by atoms with Crippen LogP contribution in [0.3, 0.4) is 0 Å². The van der Waals surface area contributed by atoms with Gasteiger partial charge in [0.1, 0.15) is 0 Å².